The van der Waals surface area contributed by atoms with Crippen LogP contribution in [-0.4, -0.2) is 21.7 Å². The van der Waals surface area contributed by atoms with Crippen LogP contribution in [0.5, 0.6) is 0 Å². The molecule has 1 heterocycles. The number of carbonyl (C=O) groups is 1. The van der Waals surface area contributed by atoms with Crippen molar-refractivity contribution in [2.75, 3.05) is 6.26 Å². The number of fused-ring (bicyclic) bond motifs is 1. The van der Waals surface area contributed by atoms with Gasteiger partial charge in [0, 0.05) is 6.08 Å². The summed E-state index contributed by atoms with van der Waals surface area (Å²) in [6.45, 7) is 0. The molecule has 22 heavy (non-hydrogen) atoms. The van der Waals surface area contributed by atoms with Crippen LogP contribution in [0.15, 0.2) is 59.8 Å². The molecule has 5 heteroatoms. The van der Waals surface area contributed by atoms with Crippen LogP contribution >= 0.6 is 11.8 Å². The van der Waals surface area contributed by atoms with Crippen molar-refractivity contribution in [2.24, 2.45) is 0 Å². The number of halogens is 1. The van der Waals surface area contributed by atoms with Crippen molar-refractivity contribution >= 4 is 34.8 Å². The number of para-hydroxylation sites is 2. The molecule has 0 spiro atoms. The molecule has 0 saturated carbocycles. The molecular weight excluding hydrogens is 299 g/mol. The number of benzene rings is 2. The van der Waals surface area contributed by atoms with Crippen LogP contribution in [-0.2, 0) is 0 Å². The van der Waals surface area contributed by atoms with Crippen molar-refractivity contribution in [1.82, 2.24) is 9.55 Å². The quantitative estimate of drug-likeness (QED) is 0.535. The van der Waals surface area contributed by atoms with E-state index in [2.05, 4.69) is 4.98 Å². The summed E-state index contributed by atoms with van der Waals surface area (Å²) >= 11 is 1.42. The number of aromatic nitrogens is 2. The van der Waals surface area contributed by atoms with Crippen molar-refractivity contribution in [3.05, 3.63) is 66.0 Å². The predicted octanol–water partition coefficient (Wildman–Crippen LogP) is 4.25. The van der Waals surface area contributed by atoms with Gasteiger partial charge < -0.3 is 0 Å². The van der Waals surface area contributed by atoms with Crippen LogP contribution < -0.4 is 0 Å². The molecule has 0 saturated heterocycles. The lowest BCUT2D eigenvalue weighted by atomic mass is 10.2. The largest absolute Gasteiger partial charge is 0.269 e. The van der Waals surface area contributed by atoms with Crippen LogP contribution in [0.1, 0.15) is 10.4 Å². The van der Waals surface area contributed by atoms with Gasteiger partial charge in [-0.05, 0) is 42.2 Å². The van der Waals surface area contributed by atoms with Gasteiger partial charge >= 0.3 is 0 Å². The number of allylic oxidation sites excluding steroid dienone is 1. The van der Waals surface area contributed by atoms with Gasteiger partial charge in [0.05, 0.1) is 11.0 Å². The van der Waals surface area contributed by atoms with Gasteiger partial charge in [-0.3, -0.25) is 9.36 Å². The first-order chi connectivity index (χ1) is 10.7. The average Bonchev–Trinajstić information content (AvgIpc) is 2.92. The molecule has 110 valence electrons. The fourth-order valence-electron chi connectivity index (χ4n) is 2.17. The molecule has 0 aliphatic rings. The number of rotatable bonds is 3. The second kappa shape index (κ2) is 6.15. The highest BCUT2D eigenvalue weighted by molar-refractivity contribution is 7.98. The summed E-state index contributed by atoms with van der Waals surface area (Å²) in [4.78, 5) is 16.9. The van der Waals surface area contributed by atoms with E-state index in [-0.39, 0.29) is 11.7 Å². The van der Waals surface area contributed by atoms with Crippen LogP contribution in [0.2, 0.25) is 0 Å². The Morgan fingerprint density at radius 3 is 2.64 bits per heavy atom. The Bertz CT molecular complexity index is 853. The molecule has 0 atom stereocenters. The Balaban J connectivity index is 1.96. The number of imidazole rings is 1. The van der Waals surface area contributed by atoms with Crippen LogP contribution in [0.3, 0.4) is 0 Å². The average molecular weight is 312 g/mol. The Morgan fingerprint density at radius 1 is 1.18 bits per heavy atom. The first kappa shape index (κ1) is 14.5. The molecule has 2 aromatic carbocycles. The summed E-state index contributed by atoms with van der Waals surface area (Å²) in [5, 5.41) is 0.648. The Morgan fingerprint density at radius 2 is 1.91 bits per heavy atom. The third kappa shape index (κ3) is 2.80. The van der Waals surface area contributed by atoms with E-state index in [0.717, 1.165) is 16.6 Å². The van der Waals surface area contributed by atoms with Crippen molar-refractivity contribution in [2.45, 2.75) is 5.16 Å². The van der Waals surface area contributed by atoms with E-state index in [9.17, 15) is 9.18 Å². The lowest BCUT2D eigenvalue weighted by Gasteiger charge is -2.02. The van der Waals surface area contributed by atoms with E-state index < -0.39 is 0 Å². The molecule has 0 fully saturated rings. The molecule has 3 rings (SSSR count). The molecular formula is C17H13FN2OS. The van der Waals surface area contributed by atoms with Gasteiger partial charge in [0.25, 0.3) is 5.91 Å². The minimum absolute atomic E-state index is 0.178. The number of thioether (sulfide) groups is 1. The fraction of sp³-hybridized carbons (Fsp3) is 0.0588. The van der Waals surface area contributed by atoms with Gasteiger partial charge in [-0.1, -0.05) is 36.0 Å². The Labute approximate surface area is 131 Å². The zero-order valence-corrected chi connectivity index (χ0v) is 12.7. The fourth-order valence-corrected chi connectivity index (χ4v) is 2.73. The number of carbonyl (C=O) groups excluding carboxylic acids is 1. The van der Waals surface area contributed by atoms with Gasteiger partial charge in [0.15, 0.2) is 5.16 Å². The standard InChI is InChI=1S/C17H13FN2OS/c1-22-17-19-14-4-2-3-5-15(14)20(17)16(21)11-8-12-6-9-13(18)10-7-12/h2-11H,1H3/b11-8+. The minimum Gasteiger partial charge on any atom is -0.269 e. The molecule has 0 aliphatic carbocycles. The topological polar surface area (TPSA) is 34.9 Å². The van der Waals surface area contributed by atoms with Crippen LogP contribution in [0.25, 0.3) is 17.1 Å². The Kier molecular flexibility index (Phi) is 4.06. The van der Waals surface area contributed by atoms with Crippen LogP contribution in [0.4, 0.5) is 4.39 Å². The molecule has 0 N–H and O–H groups in total. The number of nitrogens with zero attached hydrogens (tertiary/aromatic N) is 2. The molecule has 1 aromatic heterocycles. The number of hydrogen-bond donors (Lipinski definition) is 0. The van der Waals surface area contributed by atoms with Crippen molar-refractivity contribution in [3.8, 4) is 0 Å². The summed E-state index contributed by atoms with van der Waals surface area (Å²) in [5.41, 5.74) is 2.33. The molecule has 0 bridgehead atoms. The monoisotopic (exact) mass is 312 g/mol. The zero-order chi connectivity index (χ0) is 15.5. The summed E-state index contributed by atoms with van der Waals surface area (Å²) < 4.78 is 14.5. The molecule has 3 nitrogen and oxygen atoms in total. The van der Waals surface area contributed by atoms with E-state index in [4.69, 9.17) is 0 Å². The minimum atomic E-state index is -0.297. The molecule has 0 radical (unpaired) electrons. The maximum absolute atomic E-state index is 12.9. The molecule has 3 aromatic rings. The zero-order valence-electron chi connectivity index (χ0n) is 11.9. The smallest absolute Gasteiger partial charge is 0.257 e. The molecule has 0 aliphatic heterocycles. The summed E-state index contributed by atoms with van der Waals surface area (Å²) in [6.07, 6.45) is 5.02. The first-order valence-electron chi connectivity index (χ1n) is 6.68. The lowest BCUT2D eigenvalue weighted by molar-refractivity contribution is 0.0965. The summed E-state index contributed by atoms with van der Waals surface area (Å²) in [7, 11) is 0. The SMILES string of the molecule is CSc1nc2ccccc2n1C(=O)/C=C/c1ccc(F)cc1. The summed E-state index contributed by atoms with van der Waals surface area (Å²) in [5.74, 6) is -0.476. The number of hydrogen-bond acceptors (Lipinski definition) is 3. The van der Waals surface area contributed by atoms with Crippen LogP contribution in [0, 0.1) is 5.82 Å². The highest BCUT2D eigenvalue weighted by atomic mass is 32.2. The van der Waals surface area contributed by atoms with E-state index >= 15 is 0 Å². The molecule has 0 unspecified atom stereocenters. The van der Waals surface area contributed by atoms with Gasteiger partial charge in [-0.25, -0.2) is 9.37 Å². The van der Waals surface area contributed by atoms with E-state index in [1.54, 1.807) is 22.8 Å². The highest BCUT2D eigenvalue weighted by Gasteiger charge is 2.13. The second-order valence-corrected chi connectivity index (χ2v) is 5.42. The van der Waals surface area contributed by atoms with E-state index in [0.29, 0.717) is 5.16 Å². The normalized spacial score (nSPS) is 11.4. The third-order valence-corrected chi connectivity index (χ3v) is 3.86. The van der Waals surface area contributed by atoms with E-state index in [1.165, 1.54) is 30.0 Å². The Hall–Kier alpha value is -2.40. The van der Waals surface area contributed by atoms with Gasteiger partial charge in [0.2, 0.25) is 0 Å². The highest BCUT2D eigenvalue weighted by Crippen LogP contribution is 2.22. The van der Waals surface area contributed by atoms with Gasteiger partial charge in [-0.15, -0.1) is 0 Å². The van der Waals surface area contributed by atoms with Crippen molar-refractivity contribution in [1.29, 1.82) is 0 Å². The predicted molar refractivity (Wildman–Crippen MR) is 87.6 cm³/mol. The summed E-state index contributed by atoms with van der Waals surface area (Å²) in [6, 6.07) is 13.5. The van der Waals surface area contributed by atoms with Gasteiger partial charge in [-0.2, -0.15) is 0 Å². The lowest BCUT2D eigenvalue weighted by Crippen LogP contribution is -2.08. The van der Waals surface area contributed by atoms with Crippen molar-refractivity contribution in [3.63, 3.8) is 0 Å². The van der Waals surface area contributed by atoms with Crippen molar-refractivity contribution < 1.29 is 9.18 Å². The maximum atomic E-state index is 12.9. The maximum Gasteiger partial charge on any atom is 0.257 e. The first-order valence-corrected chi connectivity index (χ1v) is 7.91. The third-order valence-electron chi connectivity index (χ3n) is 3.22. The van der Waals surface area contributed by atoms with Gasteiger partial charge in [0.1, 0.15) is 5.82 Å². The second-order valence-electron chi connectivity index (χ2n) is 4.65. The van der Waals surface area contributed by atoms with E-state index in [1.807, 2.05) is 30.5 Å². The molecule has 0 amide bonds.